The molecule has 0 aromatic heterocycles. The zero-order valence-electron chi connectivity index (χ0n) is 11.0. The lowest BCUT2D eigenvalue weighted by Gasteiger charge is -2.17. The Morgan fingerprint density at radius 2 is 1.94 bits per heavy atom. The Morgan fingerprint density at radius 3 is 2.39 bits per heavy atom. The summed E-state index contributed by atoms with van der Waals surface area (Å²) in [4.78, 5) is 33.0. The van der Waals surface area contributed by atoms with E-state index in [9.17, 15) is 14.4 Å². The topological polar surface area (TPSA) is 75.3 Å². The van der Waals surface area contributed by atoms with E-state index in [0.717, 1.165) is 5.57 Å². The molecule has 1 unspecified atom stereocenters. The van der Waals surface area contributed by atoms with Crippen molar-refractivity contribution in [2.45, 2.75) is 33.2 Å². The molecule has 0 bridgehead atoms. The van der Waals surface area contributed by atoms with Crippen molar-refractivity contribution in [3.05, 3.63) is 23.8 Å². The minimum Gasteiger partial charge on any atom is -0.348 e. The molecule has 0 rings (SSSR count). The average molecular weight is 252 g/mol. The molecule has 0 aromatic carbocycles. The van der Waals surface area contributed by atoms with Crippen LogP contribution in [0.3, 0.4) is 0 Å². The Kier molecular flexibility index (Phi) is 8.18. The van der Waals surface area contributed by atoms with Crippen molar-refractivity contribution in [2.24, 2.45) is 0 Å². The Bertz CT molecular complexity index is 359. The van der Waals surface area contributed by atoms with Crippen LogP contribution in [0.25, 0.3) is 0 Å². The third-order valence-electron chi connectivity index (χ3n) is 2.24. The van der Waals surface area contributed by atoms with Crippen LogP contribution in [0, 0.1) is 0 Å². The van der Waals surface area contributed by atoms with Gasteiger partial charge in [0.1, 0.15) is 12.3 Å². The maximum Gasteiger partial charge on any atom is 0.243 e. The third kappa shape index (κ3) is 6.62. The molecule has 1 atom stereocenters. The summed E-state index contributed by atoms with van der Waals surface area (Å²) in [5, 5.41) is 5.01. The molecule has 0 aromatic rings. The van der Waals surface area contributed by atoms with E-state index in [1.807, 2.05) is 32.1 Å². The third-order valence-corrected chi connectivity index (χ3v) is 2.24. The number of amides is 2. The zero-order valence-corrected chi connectivity index (χ0v) is 11.0. The van der Waals surface area contributed by atoms with Gasteiger partial charge in [-0.15, -0.1) is 0 Å². The summed E-state index contributed by atoms with van der Waals surface area (Å²) >= 11 is 0. The molecule has 0 saturated carbocycles. The highest BCUT2D eigenvalue weighted by atomic mass is 16.2. The van der Waals surface area contributed by atoms with Gasteiger partial charge in [0.05, 0.1) is 6.54 Å². The fraction of sp³-hybridized carbons (Fsp3) is 0.462. The van der Waals surface area contributed by atoms with Gasteiger partial charge in [0.15, 0.2) is 0 Å². The van der Waals surface area contributed by atoms with Crippen molar-refractivity contribution in [3.8, 4) is 0 Å². The molecule has 2 N–H and O–H groups in total. The van der Waals surface area contributed by atoms with E-state index in [0.29, 0.717) is 12.7 Å². The van der Waals surface area contributed by atoms with Crippen molar-refractivity contribution in [1.82, 2.24) is 10.6 Å². The van der Waals surface area contributed by atoms with Crippen LogP contribution in [0.2, 0.25) is 0 Å². The largest absolute Gasteiger partial charge is 0.348 e. The fourth-order valence-corrected chi connectivity index (χ4v) is 1.45. The standard InChI is InChI=1S/C13H20N2O3/c1-4-6-11(5-2)9-12(15-10(3)17)13(18)14-7-8-16/h4-6,8,12H,7,9H2,1-3H3,(H,14,18)(H,15,17)/b6-4-,11-5+. The van der Waals surface area contributed by atoms with Crippen LogP contribution >= 0.6 is 0 Å². The monoisotopic (exact) mass is 252 g/mol. The second-order valence-corrected chi connectivity index (χ2v) is 3.73. The number of nitrogens with one attached hydrogen (secondary N) is 2. The van der Waals surface area contributed by atoms with Crippen LogP contribution in [-0.4, -0.2) is 30.7 Å². The number of rotatable bonds is 7. The van der Waals surface area contributed by atoms with E-state index in [4.69, 9.17) is 0 Å². The van der Waals surface area contributed by atoms with Gasteiger partial charge >= 0.3 is 0 Å². The summed E-state index contributed by atoms with van der Waals surface area (Å²) in [6, 6.07) is -0.662. The van der Waals surface area contributed by atoms with Crippen molar-refractivity contribution < 1.29 is 14.4 Å². The van der Waals surface area contributed by atoms with Gasteiger partial charge in [0, 0.05) is 13.3 Å². The zero-order chi connectivity index (χ0) is 14.0. The first-order valence-electron chi connectivity index (χ1n) is 5.81. The van der Waals surface area contributed by atoms with Gasteiger partial charge in [-0.05, 0) is 13.8 Å². The molecule has 0 aliphatic heterocycles. The van der Waals surface area contributed by atoms with E-state index in [1.54, 1.807) is 0 Å². The molecule has 100 valence electrons. The summed E-state index contributed by atoms with van der Waals surface area (Å²) in [6.07, 6.45) is 6.61. The minimum atomic E-state index is -0.662. The highest BCUT2D eigenvalue weighted by Gasteiger charge is 2.19. The van der Waals surface area contributed by atoms with Gasteiger partial charge in [-0.1, -0.05) is 23.8 Å². The van der Waals surface area contributed by atoms with Crippen LogP contribution < -0.4 is 10.6 Å². The SMILES string of the molecule is C/C=C\C(=C/C)CC(NC(C)=O)C(=O)NCC=O. The van der Waals surface area contributed by atoms with Crippen LogP contribution in [0.1, 0.15) is 27.2 Å². The molecule has 18 heavy (non-hydrogen) atoms. The lowest BCUT2D eigenvalue weighted by atomic mass is 10.0. The molecule has 0 saturated heterocycles. The van der Waals surface area contributed by atoms with Crippen LogP contribution in [-0.2, 0) is 14.4 Å². The van der Waals surface area contributed by atoms with Gasteiger partial charge in [0.2, 0.25) is 11.8 Å². The molecule has 5 heteroatoms. The predicted octanol–water partition coefficient (Wildman–Crippen LogP) is 0.719. The summed E-state index contributed by atoms with van der Waals surface area (Å²) < 4.78 is 0. The van der Waals surface area contributed by atoms with Gasteiger partial charge in [-0.3, -0.25) is 9.59 Å². The first-order valence-corrected chi connectivity index (χ1v) is 5.81. The van der Waals surface area contributed by atoms with Gasteiger partial charge < -0.3 is 15.4 Å². The summed E-state index contributed by atoms with van der Waals surface area (Å²) in [5.41, 5.74) is 0.942. The Hall–Kier alpha value is -1.91. The molecule has 0 spiro atoms. The number of carbonyl (C=O) groups is 3. The molecule has 2 amide bonds. The highest BCUT2D eigenvalue weighted by molar-refractivity contribution is 5.88. The Balaban J connectivity index is 4.71. The van der Waals surface area contributed by atoms with E-state index < -0.39 is 6.04 Å². The molecule has 0 aliphatic carbocycles. The van der Waals surface area contributed by atoms with E-state index in [-0.39, 0.29) is 18.4 Å². The number of hydrogen-bond acceptors (Lipinski definition) is 3. The van der Waals surface area contributed by atoms with Crippen molar-refractivity contribution >= 4 is 18.1 Å². The second kappa shape index (κ2) is 9.15. The summed E-state index contributed by atoms with van der Waals surface area (Å²) in [6.45, 7) is 5.04. The van der Waals surface area contributed by atoms with E-state index in [2.05, 4.69) is 10.6 Å². The number of carbonyl (C=O) groups excluding carboxylic acids is 3. The van der Waals surface area contributed by atoms with Crippen LogP contribution in [0.4, 0.5) is 0 Å². The quantitative estimate of drug-likeness (QED) is 0.518. The van der Waals surface area contributed by atoms with Crippen molar-refractivity contribution in [1.29, 1.82) is 0 Å². The lowest BCUT2D eigenvalue weighted by molar-refractivity contribution is -0.128. The number of hydrogen-bond donors (Lipinski definition) is 2. The van der Waals surface area contributed by atoms with Crippen molar-refractivity contribution in [2.75, 3.05) is 6.54 Å². The Morgan fingerprint density at radius 1 is 1.28 bits per heavy atom. The molecular formula is C13H20N2O3. The predicted molar refractivity (Wildman–Crippen MR) is 69.9 cm³/mol. The molecular weight excluding hydrogens is 232 g/mol. The fourth-order valence-electron chi connectivity index (χ4n) is 1.45. The van der Waals surface area contributed by atoms with E-state index in [1.165, 1.54) is 6.92 Å². The maximum absolute atomic E-state index is 11.8. The lowest BCUT2D eigenvalue weighted by Crippen LogP contribution is -2.46. The van der Waals surface area contributed by atoms with Gasteiger partial charge in [-0.2, -0.15) is 0 Å². The number of allylic oxidation sites excluding steroid dienone is 3. The van der Waals surface area contributed by atoms with Crippen molar-refractivity contribution in [3.63, 3.8) is 0 Å². The molecule has 0 aliphatic rings. The average Bonchev–Trinajstić information content (AvgIpc) is 2.33. The normalized spacial score (nSPS) is 13.2. The molecule has 0 fully saturated rings. The second-order valence-electron chi connectivity index (χ2n) is 3.73. The number of aldehydes is 1. The first-order chi connectivity index (χ1) is 8.54. The first kappa shape index (κ1) is 16.1. The molecule has 0 radical (unpaired) electrons. The summed E-state index contributed by atoms with van der Waals surface area (Å²) in [5.74, 6) is -0.640. The highest BCUT2D eigenvalue weighted by Crippen LogP contribution is 2.08. The van der Waals surface area contributed by atoms with Crippen LogP contribution in [0.5, 0.6) is 0 Å². The van der Waals surface area contributed by atoms with E-state index >= 15 is 0 Å². The molecule has 5 nitrogen and oxygen atoms in total. The maximum atomic E-state index is 11.8. The molecule has 0 heterocycles. The minimum absolute atomic E-state index is 0.0519. The van der Waals surface area contributed by atoms with Crippen LogP contribution in [0.15, 0.2) is 23.8 Å². The summed E-state index contributed by atoms with van der Waals surface area (Å²) in [7, 11) is 0. The smallest absolute Gasteiger partial charge is 0.243 e. The Labute approximate surface area is 107 Å². The van der Waals surface area contributed by atoms with Gasteiger partial charge in [0.25, 0.3) is 0 Å². The van der Waals surface area contributed by atoms with Gasteiger partial charge in [-0.25, -0.2) is 0 Å².